The molecule has 4 rings (SSSR count). The summed E-state index contributed by atoms with van der Waals surface area (Å²) in [5, 5.41) is 7.74. The summed E-state index contributed by atoms with van der Waals surface area (Å²) in [7, 11) is 4.96. The summed E-state index contributed by atoms with van der Waals surface area (Å²) < 4.78 is 12.6. The summed E-state index contributed by atoms with van der Waals surface area (Å²) in [6.07, 6.45) is 2.75. The lowest BCUT2D eigenvalue weighted by atomic mass is 10.0. The zero-order valence-electron chi connectivity index (χ0n) is 19.1. The van der Waals surface area contributed by atoms with Crippen LogP contribution >= 0.6 is 11.3 Å². The van der Waals surface area contributed by atoms with Crippen LogP contribution in [0.1, 0.15) is 28.1 Å². The molecule has 0 aliphatic heterocycles. The van der Waals surface area contributed by atoms with Crippen molar-refractivity contribution in [2.24, 2.45) is 0 Å². The lowest BCUT2D eigenvalue weighted by molar-refractivity contribution is 0.0778. The van der Waals surface area contributed by atoms with Crippen LogP contribution in [-0.2, 0) is 13.0 Å². The Labute approximate surface area is 197 Å². The van der Waals surface area contributed by atoms with Crippen molar-refractivity contribution in [3.05, 3.63) is 76.5 Å². The van der Waals surface area contributed by atoms with Crippen LogP contribution in [0.5, 0.6) is 11.5 Å². The van der Waals surface area contributed by atoms with E-state index in [4.69, 9.17) is 9.47 Å². The molecule has 0 aliphatic rings. The molecule has 2 aromatic heterocycles. The van der Waals surface area contributed by atoms with Crippen molar-refractivity contribution in [2.75, 3.05) is 21.3 Å². The van der Waals surface area contributed by atoms with Crippen LogP contribution in [0.25, 0.3) is 16.8 Å². The number of benzene rings is 2. The molecule has 0 spiro atoms. The summed E-state index contributed by atoms with van der Waals surface area (Å²) >= 11 is 1.61. The van der Waals surface area contributed by atoms with Crippen molar-refractivity contribution in [2.45, 2.75) is 19.9 Å². The molecule has 33 heavy (non-hydrogen) atoms. The number of ether oxygens (including phenoxy) is 2. The topological polar surface area (TPSA) is 69.5 Å². The minimum absolute atomic E-state index is 0.180. The van der Waals surface area contributed by atoms with Gasteiger partial charge in [-0.2, -0.15) is 5.10 Å². The molecule has 8 heteroatoms. The summed E-state index contributed by atoms with van der Waals surface area (Å²) in [6, 6.07) is 15.3. The lowest BCUT2D eigenvalue weighted by Gasteiger charge is -2.16. The number of amides is 1. The highest BCUT2D eigenvalue weighted by molar-refractivity contribution is 7.09. The van der Waals surface area contributed by atoms with E-state index in [1.165, 1.54) is 0 Å². The maximum Gasteiger partial charge on any atom is 0.275 e. The third-order valence-corrected chi connectivity index (χ3v) is 6.32. The number of aryl methyl sites for hydroxylation is 1. The van der Waals surface area contributed by atoms with Gasteiger partial charge in [-0.25, -0.2) is 9.67 Å². The van der Waals surface area contributed by atoms with Crippen LogP contribution < -0.4 is 9.47 Å². The van der Waals surface area contributed by atoms with E-state index in [9.17, 15) is 4.79 Å². The summed E-state index contributed by atoms with van der Waals surface area (Å²) in [5.74, 6) is 1.03. The maximum atomic E-state index is 13.5. The monoisotopic (exact) mass is 462 g/mol. The van der Waals surface area contributed by atoms with E-state index in [2.05, 4.69) is 17.0 Å². The first-order valence-electron chi connectivity index (χ1n) is 10.6. The van der Waals surface area contributed by atoms with Crippen molar-refractivity contribution in [1.82, 2.24) is 19.7 Å². The van der Waals surface area contributed by atoms with Gasteiger partial charge >= 0.3 is 0 Å². The zero-order chi connectivity index (χ0) is 23.4. The second-order valence-corrected chi connectivity index (χ2v) is 8.43. The van der Waals surface area contributed by atoms with E-state index in [1.54, 1.807) is 42.2 Å². The van der Waals surface area contributed by atoms with Gasteiger partial charge in [0.1, 0.15) is 0 Å². The Kier molecular flexibility index (Phi) is 6.74. The normalized spacial score (nSPS) is 10.8. The maximum absolute atomic E-state index is 13.5. The molecule has 7 nitrogen and oxygen atoms in total. The minimum atomic E-state index is -0.180. The molecule has 0 atom stereocenters. The Morgan fingerprint density at radius 3 is 2.52 bits per heavy atom. The van der Waals surface area contributed by atoms with Crippen molar-refractivity contribution in [3.63, 3.8) is 0 Å². The number of hydrogen-bond donors (Lipinski definition) is 0. The van der Waals surface area contributed by atoms with Crippen LogP contribution in [0.15, 0.2) is 60.1 Å². The summed E-state index contributed by atoms with van der Waals surface area (Å²) in [5.41, 5.74) is 3.63. The van der Waals surface area contributed by atoms with Gasteiger partial charge in [-0.1, -0.05) is 31.2 Å². The minimum Gasteiger partial charge on any atom is -0.493 e. The van der Waals surface area contributed by atoms with Gasteiger partial charge in [0.2, 0.25) is 0 Å². The molecule has 170 valence electrons. The molecule has 4 aromatic rings. The largest absolute Gasteiger partial charge is 0.493 e. The van der Waals surface area contributed by atoms with Crippen LogP contribution in [-0.4, -0.2) is 46.8 Å². The molecule has 0 aliphatic carbocycles. The zero-order valence-corrected chi connectivity index (χ0v) is 19.9. The number of aromatic nitrogens is 3. The second kappa shape index (κ2) is 9.87. The van der Waals surface area contributed by atoms with Gasteiger partial charge in [-0.05, 0) is 36.2 Å². The van der Waals surface area contributed by atoms with Gasteiger partial charge < -0.3 is 14.4 Å². The van der Waals surface area contributed by atoms with Crippen molar-refractivity contribution >= 4 is 17.2 Å². The van der Waals surface area contributed by atoms with Gasteiger partial charge in [-0.3, -0.25) is 4.79 Å². The van der Waals surface area contributed by atoms with Gasteiger partial charge in [0.15, 0.2) is 17.2 Å². The van der Waals surface area contributed by atoms with Crippen LogP contribution in [0, 0.1) is 0 Å². The highest BCUT2D eigenvalue weighted by Crippen LogP contribution is 2.34. The van der Waals surface area contributed by atoms with Gasteiger partial charge in [0.05, 0.1) is 37.2 Å². The Hall–Kier alpha value is -3.65. The summed E-state index contributed by atoms with van der Waals surface area (Å²) in [6.45, 7) is 2.49. The third kappa shape index (κ3) is 4.75. The van der Waals surface area contributed by atoms with Crippen LogP contribution in [0.2, 0.25) is 0 Å². The molecule has 0 unspecified atom stereocenters. The van der Waals surface area contributed by atoms with E-state index >= 15 is 0 Å². The number of hydrogen-bond acceptors (Lipinski definition) is 6. The number of carbonyl (C=O) groups excluding carboxylic acids is 1. The predicted molar refractivity (Wildman–Crippen MR) is 129 cm³/mol. The van der Waals surface area contributed by atoms with E-state index in [-0.39, 0.29) is 5.91 Å². The molecule has 0 saturated carbocycles. The third-order valence-electron chi connectivity index (χ3n) is 5.28. The van der Waals surface area contributed by atoms with E-state index in [0.717, 1.165) is 28.4 Å². The van der Waals surface area contributed by atoms with E-state index in [0.29, 0.717) is 29.3 Å². The molecular weight excluding hydrogens is 436 g/mol. The molecule has 0 N–H and O–H groups in total. The quantitative estimate of drug-likeness (QED) is 0.374. The van der Waals surface area contributed by atoms with Crippen molar-refractivity contribution in [1.29, 1.82) is 0 Å². The molecule has 0 saturated heterocycles. The van der Waals surface area contributed by atoms with E-state index < -0.39 is 0 Å². The van der Waals surface area contributed by atoms with Gasteiger partial charge in [0.25, 0.3) is 5.91 Å². The second-order valence-electron chi connectivity index (χ2n) is 7.49. The highest BCUT2D eigenvalue weighted by Gasteiger charge is 2.23. The van der Waals surface area contributed by atoms with Crippen LogP contribution in [0.3, 0.4) is 0 Å². The average molecular weight is 463 g/mol. The van der Waals surface area contributed by atoms with Crippen molar-refractivity contribution < 1.29 is 14.3 Å². The average Bonchev–Trinajstić information content (AvgIpc) is 3.51. The molecule has 1 amide bonds. The Morgan fingerprint density at radius 1 is 1.09 bits per heavy atom. The molecule has 0 bridgehead atoms. The predicted octanol–water partition coefficient (Wildman–Crippen LogP) is 4.85. The number of carbonyl (C=O) groups is 1. The molecule has 0 radical (unpaired) electrons. The Bertz CT molecular complexity index is 1250. The SMILES string of the molecule is CCc1nc(CN(C)C(=O)c2nn(-c3ccccc3)cc2-c2ccc(OC)c(OC)c2)cs1. The van der Waals surface area contributed by atoms with Crippen LogP contribution in [0.4, 0.5) is 0 Å². The van der Waals surface area contributed by atoms with Crippen molar-refractivity contribution in [3.8, 4) is 28.3 Å². The lowest BCUT2D eigenvalue weighted by Crippen LogP contribution is -2.27. The standard InChI is InChI=1S/C25H26N4O3S/c1-5-23-26-18(16-33-23)14-28(2)25(30)24-20(15-29(27-24)19-9-7-6-8-10-19)17-11-12-21(31-3)22(13-17)32-4/h6-13,15-16H,5,14H2,1-4H3. The molecule has 0 fully saturated rings. The molecular formula is C25H26N4O3S. The first-order valence-corrected chi connectivity index (χ1v) is 11.5. The fourth-order valence-electron chi connectivity index (χ4n) is 3.54. The number of para-hydroxylation sites is 1. The Morgan fingerprint density at radius 2 is 1.85 bits per heavy atom. The number of methoxy groups -OCH3 is 2. The summed E-state index contributed by atoms with van der Waals surface area (Å²) in [4.78, 5) is 19.7. The Balaban J connectivity index is 1.74. The van der Waals surface area contributed by atoms with Gasteiger partial charge in [-0.15, -0.1) is 11.3 Å². The number of nitrogens with zero attached hydrogens (tertiary/aromatic N) is 4. The molecule has 2 heterocycles. The highest BCUT2D eigenvalue weighted by atomic mass is 32.1. The fraction of sp³-hybridized carbons (Fsp3) is 0.240. The fourth-order valence-corrected chi connectivity index (χ4v) is 4.28. The number of thiazole rings is 1. The first-order chi connectivity index (χ1) is 16.0. The van der Waals surface area contributed by atoms with E-state index in [1.807, 2.05) is 60.1 Å². The van der Waals surface area contributed by atoms with Gasteiger partial charge in [0, 0.05) is 24.2 Å². The number of rotatable bonds is 8. The smallest absolute Gasteiger partial charge is 0.275 e. The first kappa shape index (κ1) is 22.5. The molecule has 2 aromatic carbocycles.